The maximum absolute atomic E-state index is 11.1. The van der Waals surface area contributed by atoms with Gasteiger partial charge in [0.15, 0.2) is 0 Å². The highest BCUT2D eigenvalue weighted by molar-refractivity contribution is 7.85. The summed E-state index contributed by atoms with van der Waals surface area (Å²) in [6.45, 7) is 4.17. The van der Waals surface area contributed by atoms with Crippen molar-refractivity contribution in [2.75, 3.05) is 11.1 Å². The Labute approximate surface area is 207 Å². The van der Waals surface area contributed by atoms with Crippen molar-refractivity contribution >= 4 is 32.9 Å². The van der Waals surface area contributed by atoms with E-state index in [2.05, 4.69) is 18.3 Å². The van der Waals surface area contributed by atoms with Gasteiger partial charge in [-0.1, -0.05) is 56.7 Å². The van der Waals surface area contributed by atoms with Crippen LogP contribution in [0.1, 0.15) is 55.4 Å². The van der Waals surface area contributed by atoms with Crippen LogP contribution in [0, 0.1) is 5.41 Å². The van der Waals surface area contributed by atoms with Crippen LogP contribution >= 0.6 is 0 Å². The molecular formula is C28H34N2O4S. The predicted molar refractivity (Wildman–Crippen MR) is 143 cm³/mol. The Kier molecular flexibility index (Phi) is 9.46. The van der Waals surface area contributed by atoms with Gasteiger partial charge in [0.1, 0.15) is 5.58 Å². The molecule has 1 heterocycles. The van der Waals surface area contributed by atoms with Gasteiger partial charge in [0, 0.05) is 22.8 Å². The van der Waals surface area contributed by atoms with E-state index < -0.39 is 10.1 Å². The van der Waals surface area contributed by atoms with E-state index in [-0.39, 0.29) is 11.3 Å². The summed E-state index contributed by atoms with van der Waals surface area (Å²) < 4.78 is 37.3. The highest BCUT2D eigenvalue weighted by Crippen LogP contribution is 2.29. The van der Waals surface area contributed by atoms with E-state index in [4.69, 9.17) is 14.4 Å². The fourth-order valence-electron chi connectivity index (χ4n) is 4.16. The molecule has 0 amide bonds. The van der Waals surface area contributed by atoms with Crippen LogP contribution < -0.4 is 10.9 Å². The van der Waals surface area contributed by atoms with Crippen LogP contribution in [-0.4, -0.2) is 18.7 Å². The number of hydrogen-bond donors (Lipinski definition) is 3. The number of hydrogen-bond acceptors (Lipinski definition) is 5. The summed E-state index contributed by atoms with van der Waals surface area (Å²) in [5, 5.41) is 12.7. The zero-order valence-electron chi connectivity index (χ0n) is 20.4. The van der Waals surface area contributed by atoms with Crippen molar-refractivity contribution in [2.24, 2.45) is 0 Å². The van der Waals surface area contributed by atoms with Crippen molar-refractivity contribution < 1.29 is 17.4 Å². The number of fused-ring (bicyclic) bond motifs is 1. The third-order valence-electron chi connectivity index (χ3n) is 5.84. The first-order valence-electron chi connectivity index (χ1n) is 12.1. The Morgan fingerprint density at radius 3 is 2.51 bits per heavy atom. The second-order valence-corrected chi connectivity index (χ2v) is 10.1. The van der Waals surface area contributed by atoms with Crippen LogP contribution in [0.3, 0.4) is 0 Å². The minimum absolute atomic E-state index is 0.141. The van der Waals surface area contributed by atoms with Crippen LogP contribution in [-0.2, 0) is 29.4 Å². The lowest BCUT2D eigenvalue weighted by molar-refractivity contribution is 0.481. The second kappa shape index (κ2) is 12.5. The summed E-state index contributed by atoms with van der Waals surface area (Å²) in [4.78, 5) is 0. The minimum Gasteiger partial charge on any atom is -0.439 e. The Balaban J connectivity index is 2.00. The van der Waals surface area contributed by atoms with Crippen LogP contribution in [0.25, 0.3) is 17.0 Å². The Morgan fingerprint density at radius 1 is 1.06 bits per heavy atom. The molecule has 0 unspecified atom stereocenters. The van der Waals surface area contributed by atoms with Gasteiger partial charge in [0.25, 0.3) is 10.1 Å². The predicted octanol–water partition coefficient (Wildman–Crippen LogP) is 6.28. The molecule has 7 heteroatoms. The van der Waals surface area contributed by atoms with Crippen LogP contribution in [0.15, 0.2) is 65.2 Å². The lowest BCUT2D eigenvalue weighted by Gasteiger charge is -2.15. The van der Waals surface area contributed by atoms with Crippen LogP contribution in [0.5, 0.6) is 0 Å². The zero-order valence-corrected chi connectivity index (χ0v) is 21.2. The molecular weight excluding hydrogens is 460 g/mol. The summed E-state index contributed by atoms with van der Waals surface area (Å²) in [5.41, 5.74) is 5.70. The molecule has 1 aromatic heterocycles. The molecule has 35 heavy (non-hydrogen) atoms. The summed E-state index contributed by atoms with van der Waals surface area (Å²) in [7, 11) is -3.99. The average Bonchev–Trinajstić information content (AvgIpc) is 2.81. The molecule has 186 valence electrons. The molecule has 0 radical (unpaired) electrons. The first-order valence-corrected chi connectivity index (χ1v) is 13.7. The fourth-order valence-corrected chi connectivity index (χ4v) is 4.66. The summed E-state index contributed by atoms with van der Waals surface area (Å²) >= 11 is 0. The van der Waals surface area contributed by atoms with E-state index >= 15 is 0 Å². The van der Waals surface area contributed by atoms with Gasteiger partial charge < -0.3 is 9.73 Å². The summed E-state index contributed by atoms with van der Waals surface area (Å²) in [6, 6.07) is 13.9. The molecule has 0 spiro atoms. The Morgan fingerprint density at radius 2 is 1.83 bits per heavy atom. The maximum atomic E-state index is 11.1. The first kappa shape index (κ1) is 26.4. The van der Waals surface area contributed by atoms with Crippen molar-refractivity contribution in [2.45, 2.75) is 52.4 Å². The molecule has 0 bridgehead atoms. The number of allylic oxidation sites excluding steroid dienone is 2. The molecule has 0 aliphatic carbocycles. The molecule has 0 saturated carbocycles. The largest absolute Gasteiger partial charge is 0.439 e. The number of anilines is 1. The number of aryl methyl sites for hydroxylation is 2. The Hall–Kier alpha value is -3.16. The zero-order chi connectivity index (χ0) is 25.3. The van der Waals surface area contributed by atoms with Gasteiger partial charge in [-0.25, -0.2) is 0 Å². The van der Waals surface area contributed by atoms with Gasteiger partial charge in [0.05, 0.1) is 5.75 Å². The lowest BCUT2D eigenvalue weighted by atomic mass is 9.93. The van der Waals surface area contributed by atoms with Gasteiger partial charge in [-0.05, 0) is 73.1 Å². The standard InChI is InChI=1S/C28H34N2O4S/c1-3-5-13-22-19-21(12-11-18-35(31,32)33)20-26-27(22)25(24(4-2)28(29)34-26)16-9-10-17-30-23-14-7-6-8-15-23/h6-10,14-17,19-20,29-30H,3-5,11-13,18H2,1-2H3,(H,31,32,33). The van der Waals surface area contributed by atoms with Crippen LogP contribution in [0.4, 0.5) is 5.69 Å². The van der Waals surface area contributed by atoms with Crippen LogP contribution in [0.2, 0.25) is 0 Å². The number of para-hydroxylation sites is 1. The van der Waals surface area contributed by atoms with E-state index in [0.717, 1.165) is 52.6 Å². The molecule has 0 fully saturated rings. The van der Waals surface area contributed by atoms with Gasteiger partial charge >= 0.3 is 0 Å². The Bertz CT molecular complexity index is 1360. The molecule has 0 saturated heterocycles. The van der Waals surface area contributed by atoms with E-state index in [9.17, 15) is 8.42 Å². The van der Waals surface area contributed by atoms with E-state index in [1.807, 2.05) is 67.7 Å². The van der Waals surface area contributed by atoms with E-state index in [0.29, 0.717) is 24.8 Å². The molecule has 3 N–H and O–H groups in total. The maximum Gasteiger partial charge on any atom is 0.264 e. The first-order chi connectivity index (χ1) is 16.8. The summed E-state index contributed by atoms with van der Waals surface area (Å²) in [6.07, 6.45) is 12.2. The molecule has 2 aromatic carbocycles. The quantitative estimate of drug-likeness (QED) is 0.203. The van der Waals surface area contributed by atoms with Crippen molar-refractivity contribution in [1.82, 2.24) is 0 Å². The monoisotopic (exact) mass is 494 g/mol. The number of rotatable bonds is 12. The van der Waals surface area contributed by atoms with Crippen molar-refractivity contribution in [3.63, 3.8) is 0 Å². The van der Waals surface area contributed by atoms with E-state index in [1.165, 1.54) is 0 Å². The lowest BCUT2D eigenvalue weighted by Crippen LogP contribution is -2.11. The van der Waals surface area contributed by atoms with E-state index in [1.54, 1.807) is 0 Å². The van der Waals surface area contributed by atoms with Crippen molar-refractivity contribution in [3.8, 4) is 0 Å². The molecule has 0 aliphatic heterocycles. The molecule has 3 rings (SSSR count). The highest BCUT2D eigenvalue weighted by atomic mass is 32.2. The number of nitrogens with one attached hydrogen (secondary N) is 2. The third kappa shape index (κ3) is 7.67. The normalized spacial score (nSPS) is 12.2. The SMILES string of the molecule is CCCCc1cc(CCCS(=O)(=O)O)cc2oc(=N)c(CC)c(C=CC=CNc3ccccc3)c12. The number of benzene rings is 2. The second-order valence-electron chi connectivity index (χ2n) is 8.53. The van der Waals surface area contributed by atoms with Gasteiger partial charge in [-0.15, -0.1) is 0 Å². The minimum atomic E-state index is -3.99. The highest BCUT2D eigenvalue weighted by Gasteiger charge is 2.15. The molecule has 6 nitrogen and oxygen atoms in total. The topological polar surface area (TPSA) is 103 Å². The van der Waals surface area contributed by atoms with Crippen molar-refractivity contribution in [1.29, 1.82) is 5.41 Å². The molecule has 0 aliphatic rings. The van der Waals surface area contributed by atoms with Crippen molar-refractivity contribution in [3.05, 3.63) is 88.6 Å². The van der Waals surface area contributed by atoms with Gasteiger partial charge in [-0.2, -0.15) is 8.42 Å². The molecule has 0 atom stereocenters. The summed E-state index contributed by atoms with van der Waals surface area (Å²) in [5.74, 6) is -0.276. The van der Waals surface area contributed by atoms with Gasteiger partial charge in [-0.3, -0.25) is 9.96 Å². The average molecular weight is 495 g/mol. The smallest absolute Gasteiger partial charge is 0.264 e. The number of unbranched alkanes of at least 4 members (excludes halogenated alkanes) is 1. The third-order valence-corrected chi connectivity index (χ3v) is 6.64. The van der Waals surface area contributed by atoms with Gasteiger partial charge in [0.2, 0.25) is 5.55 Å². The molecule has 3 aromatic rings. The fraction of sp³-hybridized carbons (Fsp3) is 0.321.